The first kappa shape index (κ1) is 9.52. The summed E-state index contributed by atoms with van der Waals surface area (Å²) in [5.41, 5.74) is 7.48. The van der Waals surface area contributed by atoms with Gasteiger partial charge in [-0.1, -0.05) is 24.3 Å². The highest BCUT2D eigenvalue weighted by Crippen LogP contribution is 2.27. The third-order valence-electron chi connectivity index (χ3n) is 2.49. The van der Waals surface area contributed by atoms with Crippen LogP contribution >= 0.6 is 0 Å². The number of anilines is 1. The molecule has 0 aromatic heterocycles. The lowest BCUT2D eigenvalue weighted by Crippen LogP contribution is -2.02. The Morgan fingerprint density at radius 3 is 2.47 bits per heavy atom. The van der Waals surface area contributed by atoms with E-state index in [-0.39, 0.29) is 0 Å². The van der Waals surface area contributed by atoms with Crippen LogP contribution in [-0.2, 0) is 0 Å². The van der Waals surface area contributed by atoms with E-state index in [1.807, 2.05) is 18.2 Å². The first-order valence-corrected chi connectivity index (χ1v) is 4.62. The number of aromatic carboxylic acids is 1. The fourth-order valence-corrected chi connectivity index (χ4v) is 1.83. The van der Waals surface area contributed by atoms with Crippen molar-refractivity contribution in [1.29, 1.82) is 0 Å². The molecule has 2 rings (SSSR count). The molecule has 0 atom stereocenters. The van der Waals surface area contributed by atoms with E-state index in [4.69, 9.17) is 10.8 Å². The fraction of sp³-hybridized carbons (Fsp3) is 0.0833. The fourth-order valence-electron chi connectivity index (χ4n) is 1.83. The zero-order valence-corrected chi connectivity index (χ0v) is 8.32. The number of hydrogen-bond donors (Lipinski definition) is 2. The molecule has 3 nitrogen and oxygen atoms in total. The summed E-state index contributed by atoms with van der Waals surface area (Å²) >= 11 is 0. The monoisotopic (exact) mass is 201 g/mol. The maximum absolute atomic E-state index is 11.1. The molecule has 0 saturated heterocycles. The number of benzene rings is 2. The summed E-state index contributed by atoms with van der Waals surface area (Å²) in [6, 6.07) is 8.97. The van der Waals surface area contributed by atoms with Crippen LogP contribution in [0.25, 0.3) is 10.8 Å². The summed E-state index contributed by atoms with van der Waals surface area (Å²) < 4.78 is 0. The number of fused-ring (bicyclic) bond motifs is 1. The Morgan fingerprint density at radius 2 is 1.87 bits per heavy atom. The predicted octanol–water partition coefficient (Wildman–Crippen LogP) is 2.43. The molecule has 0 spiro atoms. The van der Waals surface area contributed by atoms with Gasteiger partial charge in [-0.2, -0.15) is 0 Å². The molecule has 0 fully saturated rings. The van der Waals surface area contributed by atoms with Crippen LogP contribution in [0.4, 0.5) is 5.69 Å². The second kappa shape index (κ2) is 3.28. The standard InChI is InChI=1S/C12H11NO2/c1-7-6-10(13)8-4-2-3-5-9(8)11(7)12(14)15/h2-6H,13H2,1H3,(H,14,15). The Kier molecular flexibility index (Phi) is 2.08. The SMILES string of the molecule is Cc1cc(N)c2ccccc2c1C(=O)O. The van der Waals surface area contributed by atoms with Crippen molar-refractivity contribution in [2.75, 3.05) is 5.73 Å². The molecule has 76 valence electrons. The van der Waals surface area contributed by atoms with E-state index in [0.29, 0.717) is 22.2 Å². The van der Waals surface area contributed by atoms with Gasteiger partial charge in [-0.3, -0.25) is 0 Å². The molecule has 0 aliphatic heterocycles. The molecule has 0 amide bonds. The molecule has 0 unspecified atom stereocenters. The van der Waals surface area contributed by atoms with Crippen molar-refractivity contribution in [2.45, 2.75) is 6.92 Å². The molecule has 2 aromatic carbocycles. The Labute approximate surface area is 87.1 Å². The van der Waals surface area contributed by atoms with Crippen molar-refractivity contribution in [3.05, 3.63) is 41.5 Å². The summed E-state index contributed by atoms with van der Waals surface area (Å²) in [5, 5.41) is 10.6. The van der Waals surface area contributed by atoms with Gasteiger partial charge in [0.2, 0.25) is 0 Å². The van der Waals surface area contributed by atoms with Crippen LogP contribution in [0.3, 0.4) is 0 Å². The zero-order chi connectivity index (χ0) is 11.0. The highest BCUT2D eigenvalue weighted by molar-refractivity contribution is 6.08. The van der Waals surface area contributed by atoms with Crippen LogP contribution in [0.2, 0.25) is 0 Å². The van der Waals surface area contributed by atoms with Gasteiger partial charge in [0.15, 0.2) is 0 Å². The number of carboxylic acids is 1. The maximum atomic E-state index is 11.1. The molecule has 2 aromatic rings. The predicted molar refractivity (Wildman–Crippen MR) is 60.1 cm³/mol. The van der Waals surface area contributed by atoms with Crippen LogP contribution in [0.5, 0.6) is 0 Å². The Balaban J connectivity index is 2.96. The number of carbonyl (C=O) groups is 1. The van der Waals surface area contributed by atoms with E-state index in [1.165, 1.54) is 0 Å². The highest BCUT2D eigenvalue weighted by atomic mass is 16.4. The largest absolute Gasteiger partial charge is 0.478 e. The highest BCUT2D eigenvalue weighted by Gasteiger charge is 2.13. The minimum absolute atomic E-state index is 0.333. The minimum Gasteiger partial charge on any atom is -0.478 e. The van der Waals surface area contributed by atoms with Gasteiger partial charge in [0.25, 0.3) is 0 Å². The molecule has 0 heterocycles. The maximum Gasteiger partial charge on any atom is 0.336 e. The van der Waals surface area contributed by atoms with E-state index in [2.05, 4.69) is 0 Å². The summed E-state index contributed by atoms with van der Waals surface area (Å²) in [5.74, 6) is -0.913. The van der Waals surface area contributed by atoms with Gasteiger partial charge >= 0.3 is 5.97 Å². The molecule has 3 heteroatoms. The van der Waals surface area contributed by atoms with Crippen LogP contribution in [0.1, 0.15) is 15.9 Å². The normalized spacial score (nSPS) is 10.5. The van der Waals surface area contributed by atoms with Gasteiger partial charge in [-0.25, -0.2) is 4.79 Å². The summed E-state index contributed by atoms with van der Waals surface area (Å²) in [6.07, 6.45) is 0. The zero-order valence-electron chi connectivity index (χ0n) is 8.32. The van der Waals surface area contributed by atoms with E-state index in [0.717, 1.165) is 5.39 Å². The van der Waals surface area contributed by atoms with E-state index in [9.17, 15) is 4.79 Å². The molecule has 0 aliphatic rings. The lowest BCUT2D eigenvalue weighted by Gasteiger charge is -2.08. The van der Waals surface area contributed by atoms with Crippen molar-refractivity contribution in [3.63, 3.8) is 0 Å². The number of aryl methyl sites for hydroxylation is 1. The molecular formula is C12H11NO2. The smallest absolute Gasteiger partial charge is 0.336 e. The average Bonchev–Trinajstić information content (AvgIpc) is 2.17. The molecule has 0 radical (unpaired) electrons. The average molecular weight is 201 g/mol. The Hall–Kier alpha value is -2.03. The summed E-state index contributed by atoms with van der Waals surface area (Å²) in [6.45, 7) is 1.76. The first-order chi connectivity index (χ1) is 7.11. The molecule has 0 saturated carbocycles. The van der Waals surface area contributed by atoms with Crippen molar-refractivity contribution >= 4 is 22.4 Å². The number of carboxylic acid groups (broad SMARTS) is 1. The lowest BCUT2D eigenvalue weighted by molar-refractivity contribution is 0.0698. The van der Waals surface area contributed by atoms with Crippen molar-refractivity contribution in [1.82, 2.24) is 0 Å². The second-order valence-corrected chi connectivity index (χ2v) is 3.51. The first-order valence-electron chi connectivity index (χ1n) is 4.62. The van der Waals surface area contributed by atoms with Gasteiger partial charge in [0, 0.05) is 11.1 Å². The molecule has 3 N–H and O–H groups in total. The topological polar surface area (TPSA) is 63.3 Å². The van der Waals surface area contributed by atoms with E-state index >= 15 is 0 Å². The summed E-state index contributed by atoms with van der Waals surface area (Å²) in [7, 11) is 0. The van der Waals surface area contributed by atoms with Crippen LogP contribution in [0.15, 0.2) is 30.3 Å². The van der Waals surface area contributed by atoms with Gasteiger partial charge in [0.05, 0.1) is 5.56 Å². The van der Waals surface area contributed by atoms with Gasteiger partial charge in [-0.05, 0) is 23.9 Å². The third-order valence-corrected chi connectivity index (χ3v) is 2.49. The number of rotatable bonds is 1. The van der Waals surface area contributed by atoms with Gasteiger partial charge in [-0.15, -0.1) is 0 Å². The van der Waals surface area contributed by atoms with Crippen molar-refractivity contribution in [3.8, 4) is 0 Å². The van der Waals surface area contributed by atoms with Crippen LogP contribution in [-0.4, -0.2) is 11.1 Å². The quantitative estimate of drug-likeness (QED) is 0.696. The van der Waals surface area contributed by atoms with Crippen molar-refractivity contribution in [2.24, 2.45) is 0 Å². The summed E-state index contributed by atoms with van der Waals surface area (Å²) in [4.78, 5) is 11.1. The Morgan fingerprint density at radius 1 is 1.27 bits per heavy atom. The lowest BCUT2D eigenvalue weighted by atomic mass is 9.98. The third kappa shape index (κ3) is 1.42. The second-order valence-electron chi connectivity index (χ2n) is 3.51. The van der Waals surface area contributed by atoms with Crippen LogP contribution in [0, 0.1) is 6.92 Å². The number of hydrogen-bond acceptors (Lipinski definition) is 2. The van der Waals surface area contributed by atoms with Gasteiger partial charge < -0.3 is 10.8 Å². The van der Waals surface area contributed by atoms with Gasteiger partial charge in [0.1, 0.15) is 0 Å². The molecule has 15 heavy (non-hydrogen) atoms. The van der Waals surface area contributed by atoms with Crippen LogP contribution < -0.4 is 5.73 Å². The Bertz CT molecular complexity index is 547. The molecule has 0 aliphatic carbocycles. The van der Waals surface area contributed by atoms with E-state index < -0.39 is 5.97 Å². The number of nitrogen functional groups attached to an aromatic ring is 1. The molecular weight excluding hydrogens is 190 g/mol. The van der Waals surface area contributed by atoms with E-state index in [1.54, 1.807) is 19.1 Å². The minimum atomic E-state index is -0.913. The molecule has 0 bridgehead atoms. The number of nitrogens with two attached hydrogens (primary N) is 1. The van der Waals surface area contributed by atoms with Crippen molar-refractivity contribution < 1.29 is 9.90 Å².